The van der Waals surface area contributed by atoms with Gasteiger partial charge in [-0.1, -0.05) is 6.07 Å². The lowest BCUT2D eigenvalue weighted by Gasteiger charge is -2.27. The van der Waals surface area contributed by atoms with Crippen molar-refractivity contribution in [3.63, 3.8) is 0 Å². The number of hydrogen-bond donors (Lipinski definition) is 3. The molecule has 0 aromatic carbocycles. The smallest absolute Gasteiger partial charge is 0.475 e. The van der Waals surface area contributed by atoms with Crippen molar-refractivity contribution in [1.82, 2.24) is 15.2 Å². The second kappa shape index (κ2) is 13.4. The van der Waals surface area contributed by atoms with Gasteiger partial charge in [0.05, 0.1) is 18.9 Å². The second-order valence-electron chi connectivity index (χ2n) is 7.88. The molecule has 36 heavy (non-hydrogen) atoms. The SMILES string of the molecule is COCC(=O)NC[C@]12COC[C@H]1CN(Cc1ccccn1)C2.O=C(O)C(F)(F)F.O=C(O)C(F)(F)F. The van der Waals surface area contributed by atoms with E-state index in [2.05, 4.69) is 21.3 Å². The molecule has 0 aliphatic carbocycles. The molecule has 2 aliphatic heterocycles. The Morgan fingerprint density at radius 2 is 1.75 bits per heavy atom. The maximum atomic E-state index is 11.7. The van der Waals surface area contributed by atoms with E-state index in [9.17, 15) is 31.1 Å². The first-order chi connectivity index (χ1) is 16.6. The third kappa shape index (κ3) is 10.3. The summed E-state index contributed by atoms with van der Waals surface area (Å²) in [7, 11) is 1.53. The van der Waals surface area contributed by atoms with Crippen LogP contribution < -0.4 is 5.32 Å². The molecule has 3 rings (SSSR count). The number of aliphatic carboxylic acids is 2. The molecule has 3 heterocycles. The number of carbonyl (C=O) groups excluding carboxylic acids is 1. The molecule has 1 aromatic heterocycles. The number of carbonyl (C=O) groups is 3. The van der Waals surface area contributed by atoms with Crippen molar-refractivity contribution in [2.45, 2.75) is 18.9 Å². The fraction of sp³-hybridized carbons (Fsp3) is 0.600. The van der Waals surface area contributed by atoms with Crippen LogP contribution in [0.4, 0.5) is 26.3 Å². The molecule has 2 saturated heterocycles. The minimum Gasteiger partial charge on any atom is -0.475 e. The van der Waals surface area contributed by atoms with E-state index in [0.717, 1.165) is 31.9 Å². The summed E-state index contributed by atoms with van der Waals surface area (Å²) < 4.78 is 74.0. The third-order valence-electron chi connectivity index (χ3n) is 5.10. The zero-order chi connectivity index (χ0) is 27.6. The molecule has 0 unspecified atom stereocenters. The summed E-state index contributed by atoms with van der Waals surface area (Å²) in [4.78, 5) is 36.3. The molecule has 2 fully saturated rings. The highest BCUT2D eigenvalue weighted by atomic mass is 19.4. The van der Waals surface area contributed by atoms with Gasteiger partial charge in [0.1, 0.15) is 6.61 Å². The summed E-state index contributed by atoms with van der Waals surface area (Å²) in [6, 6.07) is 6.00. The van der Waals surface area contributed by atoms with Crippen molar-refractivity contribution in [3.05, 3.63) is 30.1 Å². The van der Waals surface area contributed by atoms with Crippen LogP contribution in [0, 0.1) is 11.3 Å². The number of halogens is 6. The van der Waals surface area contributed by atoms with E-state index in [4.69, 9.17) is 29.3 Å². The van der Waals surface area contributed by atoms with Gasteiger partial charge in [0.25, 0.3) is 0 Å². The van der Waals surface area contributed by atoms with Crippen LogP contribution in [-0.4, -0.2) is 96.9 Å². The van der Waals surface area contributed by atoms with Crippen LogP contribution in [0.1, 0.15) is 5.69 Å². The highest BCUT2D eigenvalue weighted by molar-refractivity contribution is 5.77. The minimum atomic E-state index is -5.08. The first-order valence-electron chi connectivity index (χ1n) is 10.2. The fourth-order valence-electron chi connectivity index (χ4n) is 3.49. The van der Waals surface area contributed by atoms with E-state index < -0.39 is 24.3 Å². The summed E-state index contributed by atoms with van der Waals surface area (Å²) in [6.07, 6.45) is -8.34. The van der Waals surface area contributed by atoms with Crippen molar-refractivity contribution >= 4 is 17.8 Å². The molecule has 0 spiro atoms. The number of pyridine rings is 1. The normalized spacial score (nSPS) is 21.4. The lowest BCUT2D eigenvalue weighted by molar-refractivity contribution is -0.193. The van der Waals surface area contributed by atoms with Gasteiger partial charge in [-0.15, -0.1) is 0 Å². The third-order valence-corrected chi connectivity index (χ3v) is 5.10. The molecule has 2 atom stereocenters. The standard InChI is InChI=1S/C16H23N3O3.2C2HF3O2/c1-21-9-15(20)18-10-16-11-19(6-13(16)8-22-12-16)7-14-4-2-3-5-17-14;2*3-2(4,5)1(6)7/h2-5,13H,6-12H2,1H3,(H,18,20);2*(H,6,7)/t13-,16+;;/m1../s1. The zero-order valence-electron chi connectivity index (χ0n) is 18.9. The molecular weight excluding hydrogens is 508 g/mol. The monoisotopic (exact) mass is 533 g/mol. The van der Waals surface area contributed by atoms with Crippen LogP contribution in [0.25, 0.3) is 0 Å². The fourth-order valence-corrected chi connectivity index (χ4v) is 3.49. The molecular formula is C20H25F6N3O7. The highest BCUT2D eigenvalue weighted by Gasteiger charge is 2.50. The average Bonchev–Trinajstić information content (AvgIpc) is 3.29. The highest BCUT2D eigenvalue weighted by Crippen LogP contribution is 2.41. The molecule has 2 aliphatic rings. The maximum Gasteiger partial charge on any atom is 0.490 e. The van der Waals surface area contributed by atoms with Gasteiger partial charge >= 0.3 is 24.3 Å². The number of ether oxygens (including phenoxy) is 2. The lowest BCUT2D eigenvalue weighted by atomic mass is 9.81. The number of fused-ring (bicyclic) bond motifs is 1. The second-order valence-corrected chi connectivity index (χ2v) is 7.88. The van der Waals surface area contributed by atoms with Crippen molar-refractivity contribution in [2.75, 3.05) is 46.6 Å². The Kier molecular flexibility index (Phi) is 11.5. The first-order valence-corrected chi connectivity index (χ1v) is 10.2. The minimum absolute atomic E-state index is 0.0260. The van der Waals surface area contributed by atoms with Crippen molar-refractivity contribution < 1.29 is 60.4 Å². The van der Waals surface area contributed by atoms with Gasteiger partial charge in [-0.25, -0.2) is 9.59 Å². The number of nitrogens with one attached hydrogen (secondary N) is 1. The van der Waals surface area contributed by atoms with Gasteiger partial charge in [-0.3, -0.25) is 14.7 Å². The van der Waals surface area contributed by atoms with Gasteiger partial charge in [-0.05, 0) is 12.1 Å². The number of carboxylic acid groups (broad SMARTS) is 2. The maximum absolute atomic E-state index is 11.7. The average molecular weight is 533 g/mol. The summed E-state index contributed by atoms with van der Waals surface area (Å²) >= 11 is 0. The number of methoxy groups -OCH3 is 1. The molecule has 16 heteroatoms. The number of hydrogen-bond acceptors (Lipinski definition) is 7. The number of aromatic nitrogens is 1. The van der Waals surface area contributed by atoms with Crippen LogP contribution in [-0.2, 0) is 30.4 Å². The molecule has 204 valence electrons. The summed E-state index contributed by atoms with van der Waals surface area (Å²) in [5, 5.41) is 17.2. The quantitative estimate of drug-likeness (QED) is 0.465. The van der Waals surface area contributed by atoms with Crippen LogP contribution in [0.15, 0.2) is 24.4 Å². The predicted molar refractivity (Wildman–Crippen MR) is 109 cm³/mol. The number of carboxylic acids is 2. The van der Waals surface area contributed by atoms with Crippen LogP contribution in [0.5, 0.6) is 0 Å². The van der Waals surface area contributed by atoms with Crippen molar-refractivity contribution in [3.8, 4) is 0 Å². The Balaban J connectivity index is 0.000000383. The van der Waals surface area contributed by atoms with Gasteiger partial charge in [0.2, 0.25) is 5.91 Å². The van der Waals surface area contributed by atoms with Crippen LogP contribution in [0.3, 0.4) is 0 Å². The van der Waals surface area contributed by atoms with E-state index in [0.29, 0.717) is 19.1 Å². The summed E-state index contributed by atoms with van der Waals surface area (Å²) in [5.41, 5.74) is 1.11. The first kappa shape index (κ1) is 31.1. The van der Waals surface area contributed by atoms with E-state index >= 15 is 0 Å². The number of rotatable bonds is 6. The largest absolute Gasteiger partial charge is 0.490 e. The van der Waals surface area contributed by atoms with Gasteiger partial charge < -0.3 is 25.0 Å². The van der Waals surface area contributed by atoms with Gasteiger partial charge in [-0.2, -0.15) is 26.3 Å². The molecule has 1 aromatic rings. The van der Waals surface area contributed by atoms with E-state index in [1.165, 1.54) is 7.11 Å². The van der Waals surface area contributed by atoms with Gasteiger partial charge in [0.15, 0.2) is 0 Å². The van der Waals surface area contributed by atoms with Crippen molar-refractivity contribution in [1.29, 1.82) is 0 Å². The molecule has 3 N–H and O–H groups in total. The van der Waals surface area contributed by atoms with E-state index in [-0.39, 0.29) is 17.9 Å². The Bertz CT molecular complexity index is 846. The Morgan fingerprint density at radius 1 is 1.17 bits per heavy atom. The Morgan fingerprint density at radius 3 is 2.22 bits per heavy atom. The molecule has 1 amide bonds. The van der Waals surface area contributed by atoms with Crippen LogP contribution >= 0.6 is 0 Å². The molecule has 0 radical (unpaired) electrons. The molecule has 10 nitrogen and oxygen atoms in total. The van der Waals surface area contributed by atoms with Gasteiger partial charge in [0, 0.05) is 50.8 Å². The van der Waals surface area contributed by atoms with Crippen LogP contribution in [0.2, 0.25) is 0 Å². The van der Waals surface area contributed by atoms with E-state index in [1.54, 1.807) is 0 Å². The Hall–Kier alpha value is -2.98. The number of alkyl halides is 6. The molecule has 0 bridgehead atoms. The predicted octanol–water partition coefficient (Wildman–Crippen LogP) is 1.56. The number of likely N-dealkylation sites (tertiary alicyclic amines) is 1. The number of nitrogens with zero attached hydrogens (tertiary/aromatic N) is 2. The zero-order valence-corrected chi connectivity index (χ0v) is 18.9. The van der Waals surface area contributed by atoms with Crippen molar-refractivity contribution in [2.24, 2.45) is 11.3 Å². The summed E-state index contributed by atoms with van der Waals surface area (Å²) in [5.74, 6) is -5.11. The summed E-state index contributed by atoms with van der Waals surface area (Å²) in [6.45, 7) is 5.03. The number of amides is 1. The van der Waals surface area contributed by atoms with E-state index in [1.807, 2.05) is 18.3 Å². The molecule has 0 saturated carbocycles. The topological polar surface area (TPSA) is 138 Å². The Labute approximate surface area is 201 Å². The lowest BCUT2D eigenvalue weighted by Crippen LogP contribution is -2.44.